The van der Waals surface area contributed by atoms with Crippen molar-refractivity contribution in [3.63, 3.8) is 0 Å². The lowest BCUT2D eigenvalue weighted by Gasteiger charge is -2.31. The van der Waals surface area contributed by atoms with Crippen LogP contribution in [0.15, 0.2) is 67.0 Å². The van der Waals surface area contributed by atoms with Crippen molar-refractivity contribution in [1.82, 2.24) is 14.7 Å². The second kappa shape index (κ2) is 8.82. The molecule has 2 amide bonds. The highest BCUT2D eigenvalue weighted by atomic mass is 16.3. The van der Waals surface area contributed by atoms with Crippen LogP contribution >= 0.6 is 0 Å². The number of aromatic nitrogens is 2. The average molecular weight is 404 g/mol. The minimum atomic E-state index is -0.172. The molecule has 1 aliphatic heterocycles. The number of hydrogen-bond donors (Lipinski definition) is 2. The molecular weight excluding hydrogens is 380 g/mol. The first-order valence-electron chi connectivity index (χ1n) is 10.1. The molecular formula is C23H24N4O3. The first-order chi connectivity index (χ1) is 14.6. The number of piperidine rings is 1. The molecule has 30 heavy (non-hydrogen) atoms. The summed E-state index contributed by atoms with van der Waals surface area (Å²) in [6, 6.07) is 16.4. The van der Waals surface area contributed by atoms with Gasteiger partial charge in [-0.05, 0) is 42.7 Å². The molecule has 0 atom stereocenters. The fourth-order valence-electron chi connectivity index (χ4n) is 3.66. The topological polar surface area (TPSA) is 87.5 Å². The number of nitrogens with one attached hydrogen (secondary N) is 1. The molecule has 2 aromatic carbocycles. The van der Waals surface area contributed by atoms with Crippen molar-refractivity contribution in [1.29, 1.82) is 0 Å². The number of rotatable bonds is 5. The van der Waals surface area contributed by atoms with Gasteiger partial charge in [0.2, 0.25) is 11.8 Å². The number of amides is 2. The van der Waals surface area contributed by atoms with E-state index in [0.717, 1.165) is 11.3 Å². The third-order valence-electron chi connectivity index (χ3n) is 5.39. The van der Waals surface area contributed by atoms with Gasteiger partial charge in [-0.2, -0.15) is 5.10 Å². The summed E-state index contributed by atoms with van der Waals surface area (Å²) >= 11 is 0. The molecule has 3 aromatic rings. The Morgan fingerprint density at radius 3 is 2.47 bits per heavy atom. The van der Waals surface area contributed by atoms with Crippen molar-refractivity contribution in [3.8, 4) is 11.4 Å². The zero-order chi connectivity index (χ0) is 20.9. The quantitative estimate of drug-likeness (QED) is 0.640. The Labute approximate surface area is 174 Å². The SMILES string of the molecule is O=C(Nc1ccccc1O)C1CCN(C(=O)Cc2cnn(-c3ccccc3)c2)CC1. The lowest BCUT2D eigenvalue weighted by Crippen LogP contribution is -2.42. The fraction of sp³-hybridized carbons (Fsp3) is 0.261. The third kappa shape index (κ3) is 4.51. The van der Waals surface area contributed by atoms with Gasteiger partial charge < -0.3 is 15.3 Å². The summed E-state index contributed by atoms with van der Waals surface area (Å²) in [7, 11) is 0. The Balaban J connectivity index is 1.29. The van der Waals surface area contributed by atoms with Crippen LogP contribution < -0.4 is 5.32 Å². The molecule has 0 unspecified atom stereocenters. The van der Waals surface area contributed by atoms with Crippen molar-refractivity contribution in [3.05, 3.63) is 72.6 Å². The number of likely N-dealkylation sites (tertiary alicyclic amines) is 1. The van der Waals surface area contributed by atoms with Gasteiger partial charge in [-0.1, -0.05) is 30.3 Å². The smallest absolute Gasteiger partial charge is 0.227 e. The minimum Gasteiger partial charge on any atom is -0.506 e. The van der Waals surface area contributed by atoms with E-state index in [-0.39, 0.29) is 23.5 Å². The van der Waals surface area contributed by atoms with E-state index in [9.17, 15) is 14.7 Å². The molecule has 7 nitrogen and oxygen atoms in total. The number of nitrogens with zero attached hydrogens (tertiary/aromatic N) is 3. The van der Waals surface area contributed by atoms with E-state index in [1.807, 2.05) is 41.4 Å². The first-order valence-corrected chi connectivity index (χ1v) is 10.1. The summed E-state index contributed by atoms with van der Waals surface area (Å²) in [6.45, 7) is 1.09. The highest BCUT2D eigenvalue weighted by molar-refractivity contribution is 5.94. The van der Waals surface area contributed by atoms with Crippen LogP contribution in [-0.4, -0.2) is 44.7 Å². The molecule has 2 N–H and O–H groups in total. The Hall–Kier alpha value is -3.61. The Kier molecular flexibility index (Phi) is 5.79. The average Bonchev–Trinajstić information content (AvgIpc) is 3.24. The van der Waals surface area contributed by atoms with Crippen molar-refractivity contribution in [2.45, 2.75) is 19.3 Å². The summed E-state index contributed by atoms with van der Waals surface area (Å²) in [5, 5.41) is 16.9. The second-order valence-electron chi connectivity index (χ2n) is 7.47. The van der Waals surface area contributed by atoms with Gasteiger partial charge in [0.1, 0.15) is 5.75 Å². The molecule has 7 heteroatoms. The van der Waals surface area contributed by atoms with Crippen molar-refractivity contribution < 1.29 is 14.7 Å². The van der Waals surface area contributed by atoms with Crippen LogP contribution in [0.3, 0.4) is 0 Å². The Morgan fingerprint density at radius 1 is 1.03 bits per heavy atom. The maximum absolute atomic E-state index is 12.7. The predicted molar refractivity (Wildman–Crippen MR) is 113 cm³/mol. The molecule has 0 radical (unpaired) electrons. The zero-order valence-electron chi connectivity index (χ0n) is 16.6. The van der Waals surface area contributed by atoms with Crippen molar-refractivity contribution in [2.75, 3.05) is 18.4 Å². The van der Waals surface area contributed by atoms with Gasteiger partial charge in [0.25, 0.3) is 0 Å². The number of aromatic hydroxyl groups is 1. The summed E-state index contributed by atoms with van der Waals surface area (Å²) in [5.74, 6) is -0.195. The lowest BCUT2D eigenvalue weighted by molar-refractivity contribution is -0.133. The number of carbonyl (C=O) groups is 2. The molecule has 2 heterocycles. The van der Waals surface area contributed by atoms with Crippen LogP contribution in [0.4, 0.5) is 5.69 Å². The van der Waals surface area contributed by atoms with Gasteiger partial charge in [0.05, 0.1) is 24.0 Å². The van der Waals surface area contributed by atoms with E-state index in [4.69, 9.17) is 0 Å². The number of benzene rings is 2. The van der Waals surface area contributed by atoms with Gasteiger partial charge in [0.15, 0.2) is 0 Å². The molecule has 0 spiro atoms. The molecule has 154 valence electrons. The van der Waals surface area contributed by atoms with E-state index in [1.165, 1.54) is 6.07 Å². The maximum Gasteiger partial charge on any atom is 0.227 e. The van der Waals surface area contributed by atoms with Crippen molar-refractivity contribution >= 4 is 17.5 Å². The van der Waals surface area contributed by atoms with Crippen LogP contribution in [0.2, 0.25) is 0 Å². The molecule has 0 aliphatic carbocycles. The number of phenolic OH excluding ortho intramolecular Hbond substituents is 1. The van der Waals surface area contributed by atoms with Crippen LogP contribution in [0.1, 0.15) is 18.4 Å². The van der Waals surface area contributed by atoms with Gasteiger partial charge in [-0.25, -0.2) is 4.68 Å². The second-order valence-corrected chi connectivity index (χ2v) is 7.47. The van der Waals surface area contributed by atoms with E-state index in [1.54, 1.807) is 29.1 Å². The zero-order valence-corrected chi connectivity index (χ0v) is 16.6. The molecule has 1 aliphatic rings. The number of para-hydroxylation sites is 3. The summed E-state index contributed by atoms with van der Waals surface area (Å²) in [4.78, 5) is 27.0. The van der Waals surface area contributed by atoms with Crippen LogP contribution in [0.5, 0.6) is 5.75 Å². The van der Waals surface area contributed by atoms with Crippen LogP contribution in [0.25, 0.3) is 5.69 Å². The normalized spacial score (nSPS) is 14.5. The van der Waals surface area contributed by atoms with E-state index < -0.39 is 0 Å². The first kappa shape index (κ1) is 19.7. The molecule has 1 fully saturated rings. The largest absolute Gasteiger partial charge is 0.506 e. The summed E-state index contributed by atoms with van der Waals surface area (Å²) in [6.07, 6.45) is 5.10. The molecule has 1 aromatic heterocycles. The summed E-state index contributed by atoms with van der Waals surface area (Å²) in [5.41, 5.74) is 2.23. The lowest BCUT2D eigenvalue weighted by atomic mass is 9.95. The van der Waals surface area contributed by atoms with Gasteiger partial charge >= 0.3 is 0 Å². The molecule has 4 rings (SSSR count). The number of hydrogen-bond acceptors (Lipinski definition) is 4. The Morgan fingerprint density at radius 2 is 1.73 bits per heavy atom. The molecule has 1 saturated heterocycles. The highest BCUT2D eigenvalue weighted by Gasteiger charge is 2.27. The van der Waals surface area contributed by atoms with E-state index in [0.29, 0.717) is 38.0 Å². The number of phenols is 1. The predicted octanol–water partition coefficient (Wildman–Crippen LogP) is 3.00. The third-order valence-corrected chi connectivity index (χ3v) is 5.39. The molecule has 0 bridgehead atoms. The standard InChI is InChI=1S/C23H24N4O3/c28-21-9-5-4-8-20(21)25-23(30)18-10-12-26(13-11-18)22(29)14-17-15-24-27(16-17)19-6-2-1-3-7-19/h1-9,15-16,18,28H,10-14H2,(H,25,30). The van der Waals surface area contributed by atoms with Crippen LogP contribution in [-0.2, 0) is 16.0 Å². The van der Waals surface area contributed by atoms with Crippen LogP contribution in [0, 0.1) is 5.92 Å². The van der Waals surface area contributed by atoms with Gasteiger partial charge in [-0.15, -0.1) is 0 Å². The van der Waals surface area contributed by atoms with Gasteiger partial charge in [0, 0.05) is 25.2 Å². The minimum absolute atomic E-state index is 0.0437. The van der Waals surface area contributed by atoms with Gasteiger partial charge in [-0.3, -0.25) is 9.59 Å². The number of anilines is 1. The van der Waals surface area contributed by atoms with E-state index >= 15 is 0 Å². The van der Waals surface area contributed by atoms with Crippen molar-refractivity contribution in [2.24, 2.45) is 5.92 Å². The maximum atomic E-state index is 12.7. The Bertz CT molecular complexity index is 1020. The highest BCUT2D eigenvalue weighted by Crippen LogP contribution is 2.25. The summed E-state index contributed by atoms with van der Waals surface area (Å²) < 4.78 is 1.76. The molecule has 0 saturated carbocycles. The monoisotopic (exact) mass is 404 g/mol. The fourth-order valence-corrected chi connectivity index (χ4v) is 3.66. The van der Waals surface area contributed by atoms with E-state index in [2.05, 4.69) is 10.4 Å². The number of carbonyl (C=O) groups excluding carboxylic acids is 2.